The molecule has 0 fully saturated rings. The molecule has 0 amide bonds. The largest absolute Gasteiger partial charge is 0.496 e. The molecule has 2 rings (SSSR count). The van der Waals surface area contributed by atoms with Crippen molar-refractivity contribution in [3.8, 4) is 11.4 Å². The third-order valence-electron chi connectivity index (χ3n) is 2.89. The van der Waals surface area contributed by atoms with Crippen LogP contribution in [0, 0.1) is 10.1 Å². The van der Waals surface area contributed by atoms with Crippen molar-refractivity contribution in [2.45, 2.75) is 19.8 Å². The maximum atomic E-state index is 11.2. The van der Waals surface area contributed by atoms with Crippen LogP contribution in [0.5, 0.6) is 5.75 Å². The Balaban J connectivity index is 2.60. The number of methoxy groups -OCH3 is 1. The molecule has 8 heteroatoms. The molecule has 0 saturated heterocycles. The van der Waals surface area contributed by atoms with E-state index in [-0.39, 0.29) is 11.5 Å². The van der Waals surface area contributed by atoms with Crippen LogP contribution in [0.25, 0.3) is 5.69 Å². The highest BCUT2D eigenvalue weighted by Gasteiger charge is 2.21. The number of nitro benzene ring substituents is 1. The van der Waals surface area contributed by atoms with Crippen molar-refractivity contribution < 1.29 is 9.66 Å². The molecular formula is C12H15N5O3. The summed E-state index contributed by atoms with van der Waals surface area (Å²) in [5.41, 5.74) is 6.64. The van der Waals surface area contributed by atoms with Crippen LogP contribution < -0.4 is 10.5 Å². The first kappa shape index (κ1) is 13.8. The molecule has 0 bridgehead atoms. The first-order valence-corrected chi connectivity index (χ1v) is 6.11. The third kappa shape index (κ3) is 2.40. The van der Waals surface area contributed by atoms with Crippen LogP contribution in [0.4, 0.5) is 11.5 Å². The number of nitro groups is 1. The molecule has 0 radical (unpaired) electrons. The van der Waals surface area contributed by atoms with E-state index in [0.717, 1.165) is 6.42 Å². The molecule has 1 aromatic heterocycles. The van der Waals surface area contributed by atoms with Crippen molar-refractivity contribution in [1.29, 1.82) is 0 Å². The van der Waals surface area contributed by atoms with Crippen LogP contribution in [0.3, 0.4) is 0 Å². The van der Waals surface area contributed by atoms with Gasteiger partial charge in [0, 0.05) is 0 Å². The molecule has 20 heavy (non-hydrogen) atoms. The predicted octanol–water partition coefficient (Wildman–Crippen LogP) is 1.72. The second-order valence-electron chi connectivity index (χ2n) is 4.19. The summed E-state index contributed by atoms with van der Waals surface area (Å²) in [5.74, 6) is 0.697. The van der Waals surface area contributed by atoms with Gasteiger partial charge in [0.05, 0.1) is 23.8 Å². The van der Waals surface area contributed by atoms with Gasteiger partial charge in [-0.1, -0.05) is 18.6 Å². The van der Waals surface area contributed by atoms with Gasteiger partial charge in [0.1, 0.15) is 11.4 Å². The third-order valence-corrected chi connectivity index (χ3v) is 2.89. The molecule has 0 aliphatic rings. The summed E-state index contributed by atoms with van der Waals surface area (Å²) in [5, 5.41) is 18.9. The molecule has 2 N–H and O–H groups in total. The Morgan fingerprint density at radius 1 is 1.50 bits per heavy atom. The zero-order valence-electron chi connectivity index (χ0n) is 11.2. The second kappa shape index (κ2) is 5.55. The van der Waals surface area contributed by atoms with Gasteiger partial charge in [0.25, 0.3) is 5.69 Å². The Hall–Kier alpha value is -2.64. The fraction of sp³-hybridized carbons (Fsp3) is 0.333. The summed E-state index contributed by atoms with van der Waals surface area (Å²) in [6.45, 7) is 1.99. The summed E-state index contributed by atoms with van der Waals surface area (Å²) in [4.78, 5) is 10.7. The molecule has 1 aromatic carbocycles. The van der Waals surface area contributed by atoms with Crippen LogP contribution in [-0.4, -0.2) is 27.0 Å². The summed E-state index contributed by atoms with van der Waals surface area (Å²) in [7, 11) is 1.45. The van der Waals surface area contributed by atoms with E-state index in [1.54, 1.807) is 12.1 Å². The highest BCUT2D eigenvalue weighted by Crippen LogP contribution is 2.29. The van der Waals surface area contributed by atoms with E-state index in [1.165, 1.54) is 17.9 Å². The number of nitrogen functional groups attached to an aromatic ring is 1. The van der Waals surface area contributed by atoms with Gasteiger partial charge in [-0.25, -0.2) is 4.68 Å². The Kier molecular flexibility index (Phi) is 3.83. The quantitative estimate of drug-likeness (QED) is 0.658. The topological polar surface area (TPSA) is 109 Å². The van der Waals surface area contributed by atoms with Gasteiger partial charge in [-0.3, -0.25) is 10.1 Å². The van der Waals surface area contributed by atoms with Crippen molar-refractivity contribution >= 4 is 11.5 Å². The minimum Gasteiger partial charge on any atom is -0.496 e. The van der Waals surface area contributed by atoms with Gasteiger partial charge in [0.2, 0.25) is 0 Å². The van der Waals surface area contributed by atoms with E-state index in [9.17, 15) is 10.1 Å². The van der Waals surface area contributed by atoms with Gasteiger partial charge >= 0.3 is 0 Å². The summed E-state index contributed by atoms with van der Waals surface area (Å²) < 4.78 is 6.42. The van der Waals surface area contributed by atoms with Crippen molar-refractivity contribution in [3.63, 3.8) is 0 Å². The highest BCUT2D eigenvalue weighted by atomic mass is 16.6. The smallest absolute Gasteiger partial charge is 0.298 e. The van der Waals surface area contributed by atoms with Gasteiger partial charge in [-0.15, -0.1) is 5.10 Å². The number of hydrogen-bond donors (Lipinski definition) is 1. The summed E-state index contributed by atoms with van der Waals surface area (Å²) >= 11 is 0. The summed E-state index contributed by atoms with van der Waals surface area (Å²) in [6, 6.07) is 4.56. The molecule has 8 nitrogen and oxygen atoms in total. The van der Waals surface area contributed by atoms with Crippen molar-refractivity contribution in [1.82, 2.24) is 15.0 Å². The number of hydrogen-bond acceptors (Lipinski definition) is 6. The maximum Gasteiger partial charge on any atom is 0.298 e. The monoisotopic (exact) mass is 277 g/mol. The number of nitrogens with two attached hydrogens (primary N) is 1. The Morgan fingerprint density at radius 3 is 2.85 bits per heavy atom. The number of nitrogens with zero attached hydrogens (tertiary/aromatic N) is 4. The number of anilines is 1. The van der Waals surface area contributed by atoms with E-state index in [1.807, 2.05) is 6.92 Å². The lowest BCUT2D eigenvalue weighted by molar-refractivity contribution is -0.384. The lowest BCUT2D eigenvalue weighted by Gasteiger charge is -2.08. The van der Waals surface area contributed by atoms with E-state index in [4.69, 9.17) is 10.5 Å². The van der Waals surface area contributed by atoms with Crippen molar-refractivity contribution in [2.24, 2.45) is 0 Å². The number of rotatable bonds is 5. The number of benzene rings is 1. The minimum absolute atomic E-state index is 0.105. The molecule has 0 aliphatic carbocycles. The second-order valence-corrected chi connectivity index (χ2v) is 4.19. The molecule has 106 valence electrons. The van der Waals surface area contributed by atoms with Gasteiger partial charge < -0.3 is 10.5 Å². The SMILES string of the molecule is CCCc1c(N)nnn1-c1ccc(OC)cc1[N+](=O)[O-]. The predicted molar refractivity (Wildman–Crippen MR) is 73.0 cm³/mol. The van der Waals surface area contributed by atoms with Crippen LogP contribution in [0.2, 0.25) is 0 Å². The Labute approximate surface area is 115 Å². The fourth-order valence-corrected chi connectivity index (χ4v) is 1.93. The lowest BCUT2D eigenvalue weighted by atomic mass is 10.2. The summed E-state index contributed by atoms with van der Waals surface area (Å²) in [6.07, 6.45) is 1.48. The first-order chi connectivity index (χ1) is 9.58. The number of ether oxygens (including phenoxy) is 1. The van der Waals surface area contributed by atoms with E-state index >= 15 is 0 Å². The van der Waals surface area contributed by atoms with E-state index in [0.29, 0.717) is 23.6 Å². The van der Waals surface area contributed by atoms with Crippen LogP contribution >= 0.6 is 0 Å². The fourth-order valence-electron chi connectivity index (χ4n) is 1.93. The van der Waals surface area contributed by atoms with Gasteiger partial charge in [-0.2, -0.15) is 0 Å². The van der Waals surface area contributed by atoms with Gasteiger partial charge in [0.15, 0.2) is 5.82 Å². The molecular weight excluding hydrogens is 262 g/mol. The molecule has 0 unspecified atom stereocenters. The van der Waals surface area contributed by atoms with E-state index in [2.05, 4.69) is 10.3 Å². The maximum absolute atomic E-state index is 11.2. The molecule has 1 heterocycles. The minimum atomic E-state index is -0.481. The standard InChI is InChI=1S/C12H15N5O3/c1-3-4-10-12(13)14-15-16(10)9-6-5-8(20-2)7-11(9)17(18)19/h5-7H,3-4,13H2,1-2H3. The molecule has 0 spiro atoms. The number of aromatic nitrogens is 3. The first-order valence-electron chi connectivity index (χ1n) is 6.11. The van der Waals surface area contributed by atoms with Crippen LogP contribution in [-0.2, 0) is 6.42 Å². The Bertz CT molecular complexity index is 638. The van der Waals surface area contributed by atoms with Crippen molar-refractivity contribution in [3.05, 3.63) is 34.0 Å². The van der Waals surface area contributed by atoms with E-state index < -0.39 is 4.92 Å². The molecule has 2 aromatic rings. The molecule has 0 saturated carbocycles. The average Bonchev–Trinajstić information content (AvgIpc) is 2.80. The lowest BCUT2D eigenvalue weighted by Crippen LogP contribution is -2.07. The molecule has 0 aliphatic heterocycles. The normalized spacial score (nSPS) is 10.5. The highest BCUT2D eigenvalue weighted by molar-refractivity contribution is 5.57. The zero-order chi connectivity index (χ0) is 14.7. The molecule has 0 atom stereocenters. The van der Waals surface area contributed by atoms with Crippen LogP contribution in [0.1, 0.15) is 19.0 Å². The van der Waals surface area contributed by atoms with Crippen LogP contribution in [0.15, 0.2) is 18.2 Å². The van der Waals surface area contributed by atoms with Gasteiger partial charge in [-0.05, 0) is 18.6 Å². The van der Waals surface area contributed by atoms with Crippen molar-refractivity contribution in [2.75, 3.05) is 12.8 Å². The zero-order valence-corrected chi connectivity index (χ0v) is 11.2. The average molecular weight is 277 g/mol. The Morgan fingerprint density at radius 2 is 2.25 bits per heavy atom.